The zero-order valence-electron chi connectivity index (χ0n) is 7.25. The van der Waals surface area contributed by atoms with Crippen LogP contribution < -0.4 is 0 Å². The van der Waals surface area contributed by atoms with E-state index in [1.54, 1.807) is 0 Å². The maximum atomic E-state index is 13.1. The molecule has 0 aromatic heterocycles. The molecule has 0 aliphatic carbocycles. The first-order chi connectivity index (χ1) is 5.97. The SMILES string of the molecule is CN=[S@](C)(=O)c1ccc(F)cc1F. The molecule has 0 radical (unpaired) electrons. The van der Waals surface area contributed by atoms with E-state index in [-0.39, 0.29) is 4.90 Å². The van der Waals surface area contributed by atoms with E-state index in [4.69, 9.17) is 0 Å². The van der Waals surface area contributed by atoms with Gasteiger partial charge in [-0.2, -0.15) is 0 Å². The van der Waals surface area contributed by atoms with Gasteiger partial charge in [-0.3, -0.25) is 0 Å². The van der Waals surface area contributed by atoms with Gasteiger partial charge < -0.3 is 0 Å². The molecule has 1 aromatic rings. The van der Waals surface area contributed by atoms with Crippen LogP contribution in [0.5, 0.6) is 0 Å². The van der Waals surface area contributed by atoms with Crippen LogP contribution in [0.4, 0.5) is 8.78 Å². The fourth-order valence-corrected chi connectivity index (χ4v) is 1.82. The van der Waals surface area contributed by atoms with E-state index in [1.807, 2.05) is 0 Å². The predicted molar refractivity (Wildman–Crippen MR) is 47.0 cm³/mol. The molecule has 0 saturated carbocycles. The van der Waals surface area contributed by atoms with Gasteiger partial charge >= 0.3 is 0 Å². The lowest BCUT2D eigenvalue weighted by Gasteiger charge is -2.03. The summed E-state index contributed by atoms with van der Waals surface area (Å²) in [4.78, 5) is -0.0589. The molecule has 0 unspecified atom stereocenters. The van der Waals surface area contributed by atoms with Gasteiger partial charge in [-0.05, 0) is 12.1 Å². The molecule has 1 rings (SSSR count). The molecule has 1 aromatic carbocycles. The summed E-state index contributed by atoms with van der Waals surface area (Å²) in [7, 11) is -1.37. The van der Waals surface area contributed by atoms with Crippen LogP contribution in [0.3, 0.4) is 0 Å². The van der Waals surface area contributed by atoms with Crippen molar-refractivity contribution >= 4 is 9.73 Å². The van der Waals surface area contributed by atoms with Crippen LogP contribution in [0.25, 0.3) is 0 Å². The summed E-state index contributed by atoms with van der Waals surface area (Å²) in [5.41, 5.74) is 0. The Balaban J connectivity index is 3.42. The van der Waals surface area contributed by atoms with Crippen molar-refractivity contribution < 1.29 is 13.0 Å². The fourth-order valence-electron chi connectivity index (χ4n) is 0.881. The highest BCUT2D eigenvalue weighted by molar-refractivity contribution is 7.93. The van der Waals surface area contributed by atoms with E-state index in [0.29, 0.717) is 6.07 Å². The second-order valence-corrected chi connectivity index (χ2v) is 4.97. The minimum Gasteiger partial charge on any atom is -0.245 e. The van der Waals surface area contributed by atoms with Crippen LogP contribution in [0, 0.1) is 11.6 Å². The number of hydrogen-bond acceptors (Lipinski definition) is 2. The summed E-state index contributed by atoms with van der Waals surface area (Å²) < 4.78 is 40.6. The van der Waals surface area contributed by atoms with Crippen LogP contribution in [0.2, 0.25) is 0 Å². The molecule has 13 heavy (non-hydrogen) atoms. The quantitative estimate of drug-likeness (QED) is 0.690. The highest BCUT2D eigenvalue weighted by Crippen LogP contribution is 2.16. The summed E-state index contributed by atoms with van der Waals surface area (Å²) in [6.07, 6.45) is 1.31. The summed E-state index contributed by atoms with van der Waals surface area (Å²) in [5, 5.41) is 0. The molecule has 0 bridgehead atoms. The Bertz CT molecular complexity index is 436. The third-order valence-electron chi connectivity index (χ3n) is 1.65. The van der Waals surface area contributed by atoms with Crippen molar-refractivity contribution in [3.63, 3.8) is 0 Å². The fraction of sp³-hybridized carbons (Fsp3) is 0.250. The summed E-state index contributed by atoms with van der Waals surface area (Å²) in [6.45, 7) is 0. The van der Waals surface area contributed by atoms with Gasteiger partial charge in [0.2, 0.25) is 0 Å². The van der Waals surface area contributed by atoms with Gasteiger partial charge in [-0.15, -0.1) is 0 Å². The first-order valence-electron chi connectivity index (χ1n) is 3.52. The number of hydrogen-bond donors (Lipinski definition) is 0. The smallest absolute Gasteiger partial charge is 0.143 e. The van der Waals surface area contributed by atoms with E-state index < -0.39 is 21.4 Å². The van der Waals surface area contributed by atoms with Crippen molar-refractivity contribution in [2.24, 2.45) is 4.36 Å². The van der Waals surface area contributed by atoms with Crippen molar-refractivity contribution in [3.05, 3.63) is 29.8 Å². The third kappa shape index (κ3) is 2.03. The van der Waals surface area contributed by atoms with Gasteiger partial charge in [-0.25, -0.2) is 17.4 Å². The Kier molecular flexibility index (Phi) is 2.66. The van der Waals surface area contributed by atoms with E-state index in [2.05, 4.69) is 4.36 Å². The lowest BCUT2D eigenvalue weighted by atomic mass is 10.3. The molecule has 2 nitrogen and oxygen atoms in total. The largest absolute Gasteiger partial charge is 0.245 e. The van der Waals surface area contributed by atoms with E-state index in [0.717, 1.165) is 12.1 Å². The molecule has 0 heterocycles. The van der Waals surface area contributed by atoms with E-state index >= 15 is 0 Å². The summed E-state index contributed by atoms with van der Waals surface area (Å²) in [5.74, 6) is -1.51. The minimum absolute atomic E-state index is 0.0589. The minimum atomic E-state index is -2.71. The van der Waals surface area contributed by atoms with Gasteiger partial charge in [0.15, 0.2) is 0 Å². The Hall–Kier alpha value is -0.970. The molecule has 1 atom stereocenters. The van der Waals surface area contributed by atoms with E-state index in [1.165, 1.54) is 13.3 Å². The second-order valence-electron chi connectivity index (χ2n) is 2.56. The zero-order valence-corrected chi connectivity index (χ0v) is 8.07. The molecule has 0 aliphatic rings. The van der Waals surface area contributed by atoms with Crippen molar-refractivity contribution in [2.45, 2.75) is 4.90 Å². The molecule has 0 spiro atoms. The lowest BCUT2D eigenvalue weighted by molar-refractivity contribution is 0.562. The highest BCUT2D eigenvalue weighted by atomic mass is 32.2. The van der Waals surface area contributed by atoms with Gasteiger partial charge in [0.1, 0.15) is 11.6 Å². The van der Waals surface area contributed by atoms with Crippen molar-refractivity contribution in [1.29, 1.82) is 0 Å². The first kappa shape index (κ1) is 10.1. The summed E-state index contributed by atoms with van der Waals surface area (Å²) in [6, 6.07) is 2.91. The van der Waals surface area contributed by atoms with Crippen LogP contribution >= 0.6 is 0 Å². The Labute approximate surface area is 75.8 Å². The van der Waals surface area contributed by atoms with Crippen molar-refractivity contribution in [2.75, 3.05) is 13.3 Å². The Morgan fingerprint density at radius 2 is 2.00 bits per heavy atom. The molecule has 5 heteroatoms. The number of halogens is 2. The van der Waals surface area contributed by atoms with Gasteiger partial charge in [0, 0.05) is 19.4 Å². The highest BCUT2D eigenvalue weighted by Gasteiger charge is 2.11. The first-order valence-corrected chi connectivity index (χ1v) is 5.45. The molecule has 0 saturated heterocycles. The molecular weight excluding hydrogens is 196 g/mol. The normalized spacial score (nSPS) is 15.1. The molecule has 0 N–H and O–H groups in total. The predicted octanol–water partition coefficient (Wildman–Crippen LogP) is 2.05. The Morgan fingerprint density at radius 1 is 1.38 bits per heavy atom. The van der Waals surface area contributed by atoms with Crippen molar-refractivity contribution in [3.8, 4) is 0 Å². The molecule has 72 valence electrons. The van der Waals surface area contributed by atoms with Crippen LogP contribution in [0.1, 0.15) is 0 Å². The number of rotatable bonds is 1. The zero-order chi connectivity index (χ0) is 10.1. The summed E-state index contributed by atoms with van der Waals surface area (Å²) >= 11 is 0. The maximum Gasteiger partial charge on any atom is 0.143 e. The van der Waals surface area contributed by atoms with Crippen LogP contribution in [0.15, 0.2) is 27.5 Å². The number of nitrogens with zero attached hydrogens (tertiary/aromatic N) is 1. The average Bonchev–Trinajstić information content (AvgIpc) is 2.03. The standard InChI is InChI=1S/C8H9F2NOS/c1-11-13(2,12)8-4-3-6(9)5-7(8)10/h3-5H,1-2H3/t13-/m1/s1. The van der Waals surface area contributed by atoms with E-state index in [9.17, 15) is 13.0 Å². The van der Waals surface area contributed by atoms with Crippen LogP contribution in [-0.2, 0) is 9.73 Å². The topological polar surface area (TPSA) is 29.4 Å². The third-order valence-corrected chi connectivity index (χ3v) is 3.49. The average molecular weight is 205 g/mol. The monoisotopic (exact) mass is 205 g/mol. The van der Waals surface area contributed by atoms with Gasteiger partial charge in [0.05, 0.1) is 14.6 Å². The number of benzene rings is 1. The molecule has 0 amide bonds. The maximum absolute atomic E-state index is 13.1. The molecular formula is C8H9F2NOS. The molecule has 0 aliphatic heterocycles. The molecule has 0 fully saturated rings. The second kappa shape index (κ2) is 3.41. The van der Waals surface area contributed by atoms with Gasteiger partial charge in [-0.1, -0.05) is 0 Å². The van der Waals surface area contributed by atoms with Gasteiger partial charge in [0.25, 0.3) is 0 Å². The van der Waals surface area contributed by atoms with Crippen LogP contribution in [-0.4, -0.2) is 17.5 Å². The van der Waals surface area contributed by atoms with Crippen molar-refractivity contribution in [1.82, 2.24) is 0 Å². The Morgan fingerprint density at radius 3 is 2.46 bits per heavy atom. The lowest BCUT2D eigenvalue weighted by Crippen LogP contribution is -2.00.